The van der Waals surface area contributed by atoms with Crippen molar-refractivity contribution in [2.45, 2.75) is 19.3 Å². The molecule has 31 heavy (non-hydrogen) atoms. The predicted octanol–water partition coefficient (Wildman–Crippen LogP) is 4.31. The molecule has 2 heterocycles. The van der Waals surface area contributed by atoms with E-state index in [9.17, 15) is 9.59 Å². The van der Waals surface area contributed by atoms with Crippen molar-refractivity contribution in [1.82, 2.24) is 9.88 Å². The van der Waals surface area contributed by atoms with Gasteiger partial charge in [0.2, 0.25) is 0 Å². The number of pyridine rings is 1. The molecule has 1 aromatic carbocycles. The van der Waals surface area contributed by atoms with Gasteiger partial charge in [-0.25, -0.2) is 9.78 Å². The summed E-state index contributed by atoms with van der Waals surface area (Å²) in [5.41, 5.74) is 4.02. The normalized spacial score (nSPS) is 13.7. The fourth-order valence-electron chi connectivity index (χ4n) is 3.71. The van der Waals surface area contributed by atoms with Gasteiger partial charge in [-0.05, 0) is 47.6 Å². The first-order valence-electron chi connectivity index (χ1n) is 10.0. The highest BCUT2D eigenvalue weighted by Crippen LogP contribution is 2.38. The number of esters is 1. The lowest BCUT2D eigenvalue weighted by atomic mass is 10.0. The van der Waals surface area contributed by atoms with Crippen molar-refractivity contribution < 1.29 is 14.3 Å². The van der Waals surface area contributed by atoms with Crippen LogP contribution in [0.4, 0.5) is 0 Å². The molecular weight excluding hydrogens is 410 g/mol. The van der Waals surface area contributed by atoms with Crippen LogP contribution < -0.4 is 0 Å². The first kappa shape index (κ1) is 20.8. The van der Waals surface area contributed by atoms with E-state index in [1.54, 1.807) is 18.4 Å². The van der Waals surface area contributed by atoms with Crippen molar-refractivity contribution in [3.05, 3.63) is 63.5 Å². The maximum atomic E-state index is 13.1. The summed E-state index contributed by atoms with van der Waals surface area (Å²) in [7, 11) is 1.59. The number of allylic oxidation sites excluding steroid dienone is 1. The molecule has 0 spiro atoms. The number of aromatic nitrogens is 1. The van der Waals surface area contributed by atoms with Gasteiger partial charge >= 0.3 is 5.97 Å². The highest BCUT2D eigenvalue weighted by molar-refractivity contribution is 7.10. The summed E-state index contributed by atoms with van der Waals surface area (Å²) in [6.07, 6.45) is 3.86. The summed E-state index contributed by atoms with van der Waals surface area (Å²) in [5.74, 6) is -0.855. The molecule has 0 aliphatic heterocycles. The fourth-order valence-corrected chi connectivity index (χ4v) is 4.39. The zero-order valence-electron chi connectivity index (χ0n) is 17.1. The summed E-state index contributed by atoms with van der Waals surface area (Å²) < 4.78 is 5.41. The van der Waals surface area contributed by atoms with E-state index >= 15 is 0 Å². The van der Waals surface area contributed by atoms with Gasteiger partial charge in [0.1, 0.15) is 0 Å². The zero-order chi connectivity index (χ0) is 21.8. The van der Waals surface area contributed by atoms with Gasteiger partial charge in [0, 0.05) is 23.9 Å². The van der Waals surface area contributed by atoms with Gasteiger partial charge < -0.3 is 9.64 Å². The van der Waals surface area contributed by atoms with Gasteiger partial charge in [-0.1, -0.05) is 24.3 Å². The number of fused-ring (bicyclic) bond motifs is 2. The number of ether oxygens (including phenoxy) is 1. The highest BCUT2D eigenvalue weighted by Gasteiger charge is 2.28. The quantitative estimate of drug-likeness (QED) is 0.543. The smallest absolute Gasteiger partial charge is 0.339 e. The Morgan fingerprint density at radius 1 is 1.26 bits per heavy atom. The van der Waals surface area contributed by atoms with Crippen molar-refractivity contribution >= 4 is 45.8 Å². The van der Waals surface area contributed by atoms with Crippen LogP contribution in [0.3, 0.4) is 0 Å². The lowest BCUT2D eigenvalue weighted by Crippen LogP contribution is -2.32. The van der Waals surface area contributed by atoms with Crippen molar-refractivity contribution in [2.75, 3.05) is 20.2 Å². The number of nitriles is 1. The molecule has 7 heteroatoms. The van der Waals surface area contributed by atoms with Gasteiger partial charge in [0.25, 0.3) is 5.91 Å². The van der Waals surface area contributed by atoms with E-state index in [0.29, 0.717) is 18.5 Å². The SMILES string of the molecule is CN(CCC#N)C(=O)COC(=O)c1c2c(nc3ccccc13)/C(=C\c1cccs1)CC2. The Morgan fingerprint density at radius 3 is 2.87 bits per heavy atom. The molecular formula is C24H21N3O3S. The molecule has 0 fully saturated rings. The monoisotopic (exact) mass is 431 g/mol. The van der Waals surface area contributed by atoms with E-state index in [1.807, 2.05) is 41.8 Å². The Morgan fingerprint density at radius 2 is 2.10 bits per heavy atom. The summed E-state index contributed by atoms with van der Waals surface area (Å²) in [6, 6.07) is 13.6. The Kier molecular flexibility index (Phi) is 6.10. The highest BCUT2D eigenvalue weighted by atomic mass is 32.1. The summed E-state index contributed by atoms with van der Waals surface area (Å²) in [5, 5.41) is 11.4. The average molecular weight is 432 g/mol. The maximum absolute atomic E-state index is 13.1. The minimum atomic E-state index is -0.519. The Bertz CT molecular complexity index is 1210. The molecule has 0 atom stereocenters. The molecule has 0 bridgehead atoms. The number of benzene rings is 1. The topological polar surface area (TPSA) is 83.3 Å². The predicted molar refractivity (Wildman–Crippen MR) is 120 cm³/mol. The molecule has 6 nitrogen and oxygen atoms in total. The second-order valence-electron chi connectivity index (χ2n) is 7.32. The number of para-hydroxylation sites is 1. The second-order valence-corrected chi connectivity index (χ2v) is 8.29. The van der Waals surface area contributed by atoms with Crippen LogP contribution in [0.15, 0.2) is 41.8 Å². The second kappa shape index (κ2) is 9.11. The summed E-state index contributed by atoms with van der Waals surface area (Å²) in [6.45, 7) is -0.0541. The molecule has 0 unspecified atom stereocenters. The largest absolute Gasteiger partial charge is 0.452 e. The molecule has 3 aromatic rings. The molecule has 4 rings (SSSR count). The van der Waals surface area contributed by atoms with Crippen molar-refractivity contribution in [3.63, 3.8) is 0 Å². The van der Waals surface area contributed by atoms with Gasteiger partial charge in [-0.15, -0.1) is 11.3 Å². The number of amides is 1. The minimum Gasteiger partial charge on any atom is -0.452 e. The lowest BCUT2D eigenvalue weighted by molar-refractivity contribution is -0.133. The van der Waals surface area contributed by atoms with E-state index in [2.05, 4.69) is 12.1 Å². The molecule has 1 amide bonds. The van der Waals surface area contributed by atoms with E-state index < -0.39 is 5.97 Å². The van der Waals surface area contributed by atoms with E-state index in [0.717, 1.165) is 39.0 Å². The molecule has 156 valence electrons. The average Bonchev–Trinajstić information content (AvgIpc) is 3.44. The van der Waals surface area contributed by atoms with Crippen LogP contribution >= 0.6 is 11.3 Å². The third-order valence-electron chi connectivity index (χ3n) is 5.32. The van der Waals surface area contributed by atoms with E-state index in [-0.39, 0.29) is 18.9 Å². The number of carbonyl (C=O) groups excluding carboxylic acids is 2. The van der Waals surface area contributed by atoms with Crippen LogP contribution in [0.1, 0.15) is 39.3 Å². The van der Waals surface area contributed by atoms with Crippen molar-refractivity contribution in [3.8, 4) is 6.07 Å². The number of carbonyl (C=O) groups is 2. The zero-order valence-corrected chi connectivity index (χ0v) is 17.9. The third kappa shape index (κ3) is 4.35. The molecule has 0 radical (unpaired) electrons. The number of thiophene rings is 1. The molecule has 0 saturated carbocycles. The van der Waals surface area contributed by atoms with Crippen LogP contribution in [0.25, 0.3) is 22.6 Å². The third-order valence-corrected chi connectivity index (χ3v) is 6.14. The summed E-state index contributed by atoms with van der Waals surface area (Å²) in [4.78, 5) is 32.7. The fraction of sp³-hybridized carbons (Fsp3) is 0.250. The number of likely N-dealkylation sites (N-methyl/N-ethyl adjacent to an activating group) is 1. The van der Waals surface area contributed by atoms with E-state index in [1.165, 1.54) is 4.90 Å². The van der Waals surface area contributed by atoms with Crippen molar-refractivity contribution in [1.29, 1.82) is 5.26 Å². The van der Waals surface area contributed by atoms with Crippen molar-refractivity contribution in [2.24, 2.45) is 0 Å². The van der Waals surface area contributed by atoms with Gasteiger partial charge in [0.05, 0.1) is 29.3 Å². The first-order valence-corrected chi connectivity index (χ1v) is 10.9. The molecule has 1 aliphatic carbocycles. The molecule has 0 saturated heterocycles. The standard InChI is InChI=1S/C24H21N3O3S/c1-27(12-5-11-25)21(28)15-30-24(29)22-18-7-2-3-8-20(18)26-23-16(9-10-19(22)23)14-17-6-4-13-31-17/h2-4,6-8,13-14H,5,9-10,12,15H2,1H3/b16-14-. The van der Waals surface area contributed by atoms with Gasteiger partial charge in [0.15, 0.2) is 6.61 Å². The van der Waals surface area contributed by atoms with Crippen LogP contribution in [0, 0.1) is 11.3 Å². The minimum absolute atomic E-state index is 0.234. The Balaban J connectivity index is 1.66. The Hall–Kier alpha value is -3.50. The first-order chi connectivity index (χ1) is 15.1. The van der Waals surface area contributed by atoms with Crippen LogP contribution in [-0.4, -0.2) is 42.0 Å². The van der Waals surface area contributed by atoms with Crippen LogP contribution in [-0.2, 0) is 16.0 Å². The molecule has 2 aromatic heterocycles. The summed E-state index contributed by atoms with van der Waals surface area (Å²) >= 11 is 1.66. The number of nitrogens with zero attached hydrogens (tertiary/aromatic N) is 3. The molecule has 0 N–H and O–H groups in total. The van der Waals surface area contributed by atoms with Gasteiger partial charge in [-0.3, -0.25) is 4.79 Å². The lowest BCUT2D eigenvalue weighted by Gasteiger charge is -2.16. The van der Waals surface area contributed by atoms with Crippen LogP contribution in [0.5, 0.6) is 0 Å². The van der Waals surface area contributed by atoms with Crippen LogP contribution in [0.2, 0.25) is 0 Å². The van der Waals surface area contributed by atoms with E-state index in [4.69, 9.17) is 15.0 Å². The number of hydrogen-bond donors (Lipinski definition) is 0. The number of hydrogen-bond acceptors (Lipinski definition) is 6. The number of rotatable bonds is 6. The maximum Gasteiger partial charge on any atom is 0.339 e. The Labute approximate surface area is 184 Å². The molecule has 1 aliphatic rings. The van der Waals surface area contributed by atoms with Gasteiger partial charge in [-0.2, -0.15) is 5.26 Å².